The van der Waals surface area contributed by atoms with Gasteiger partial charge in [0.05, 0.1) is 12.6 Å². The molecule has 0 N–H and O–H groups in total. The van der Waals surface area contributed by atoms with Crippen LogP contribution in [-0.4, -0.2) is 17.5 Å². The lowest BCUT2D eigenvalue weighted by atomic mass is 10.0. The Hall–Kier alpha value is -3.17. The van der Waals surface area contributed by atoms with Crippen molar-refractivity contribution in [3.05, 3.63) is 120 Å². The predicted molar refractivity (Wildman–Crippen MR) is 117 cm³/mol. The molecule has 0 aliphatic carbocycles. The summed E-state index contributed by atoms with van der Waals surface area (Å²) in [5.41, 5.74) is 3.60. The van der Waals surface area contributed by atoms with Gasteiger partial charge in [0.1, 0.15) is 0 Å². The number of rotatable bonds is 9. The summed E-state index contributed by atoms with van der Waals surface area (Å²) in [6, 6.07) is 31.0. The molecule has 3 rings (SSSR count). The summed E-state index contributed by atoms with van der Waals surface area (Å²) in [5, 5.41) is 0. The molecule has 3 aromatic carbocycles. The Morgan fingerprint density at radius 2 is 1.31 bits per heavy atom. The van der Waals surface area contributed by atoms with E-state index in [1.807, 2.05) is 43.3 Å². The summed E-state index contributed by atoms with van der Waals surface area (Å²) in [6.07, 6.45) is 3.49. The SMILES string of the molecule is CCOC(=O)/C=C/[C@@H](c1ccccc1)N(Cc1ccccc1)Cc1ccccc1. The molecule has 0 spiro atoms. The first-order chi connectivity index (χ1) is 14.3. The van der Waals surface area contributed by atoms with Crippen LogP contribution in [-0.2, 0) is 22.6 Å². The fraction of sp³-hybridized carbons (Fsp3) is 0.192. The molecule has 0 aliphatic heterocycles. The summed E-state index contributed by atoms with van der Waals surface area (Å²) in [4.78, 5) is 14.4. The Labute approximate surface area is 173 Å². The van der Waals surface area contributed by atoms with Crippen molar-refractivity contribution in [1.82, 2.24) is 4.90 Å². The van der Waals surface area contributed by atoms with E-state index in [2.05, 4.69) is 65.6 Å². The molecule has 0 saturated carbocycles. The average molecular weight is 386 g/mol. The second-order valence-corrected chi connectivity index (χ2v) is 6.84. The van der Waals surface area contributed by atoms with Crippen LogP contribution in [0.1, 0.15) is 29.7 Å². The molecule has 0 saturated heterocycles. The molecule has 0 fully saturated rings. The van der Waals surface area contributed by atoms with Crippen LogP contribution in [0.15, 0.2) is 103 Å². The van der Waals surface area contributed by atoms with E-state index in [1.165, 1.54) is 11.1 Å². The van der Waals surface area contributed by atoms with Crippen molar-refractivity contribution in [2.24, 2.45) is 0 Å². The Bertz CT molecular complexity index is 850. The van der Waals surface area contributed by atoms with Crippen LogP contribution in [0, 0.1) is 0 Å². The Balaban J connectivity index is 1.94. The van der Waals surface area contributed by atoms with Crippen molar-refractivity contribution >= 4 is 5.97 Å². The fourth-order valence-electron chi connectivity index (χ4n) is 3.34. The summed E-state index contributed by atoms with van der Waals surface area (Å²) >= 11 is 0. The number of hydrogen-bond acceptors (Lipinski definition) is 3. The zero-order valence-corrected chi connectivity index (χ0v) is 16.8. The lowest BCUT2D eigenvalue weighted by Crippen LogP contribution is -2.27. The van der Waals surface area contributed by atoms with Crippen LogP contribution in [0.4, 0.5) is 0 Å². The van der Waals surface area contributed by atoms with Crippen LogP contribution < -0.4 is 0 Å². The van der Waals surface area contributed by atoms with Crippen molar-refractivity contribution in [1.29, 1.82) is 0 Å². The number of esters is 1. The van der Waals surface area contributed by atoms with Gasteiger partial charge < -0.3 is 4.74 Å². The third kappa shape index (κ3) is 6.44. The van der Waals surface area contributed by atoms with Crippen LogP contribution in [0.25, 0.3) is 0 Å². The zero-order chi connectivity index (χ0) is 20.3. The van der Waals surface area contributed by atoms with Gasteiger partial charge in [-0.15, -0.1) is 0 Å². The smallest absolute Gasteiger partial charge is 0.330 e. The van der Waals surface area contributed by atoms with E-state index in [1.54, 1.807) is 6.08 Å². The highest BCUT2D eigenvalue weighted by atomic mass is 16.5. The third-order valence-corrected chi connectivity index (χ3v) is 4.69. The molecule has 148 valence electrons. The van der Waals surface area contributed by atoms with Gasteiger partial charge in [-0.05, 0) is 23.6 Å². The van der Waals surface area contributed by atoms with E-state index in [4.69, 9.17) is 4.74 Å². The second-order valence-electron chi connectivity index (χ2n) is 6.84. The third-order valence-electron chi connectivity index (χ3n) is 4.69. The van der Waals surface area contributed by atoms with Crippen molar-refractivity contribution in [3.63, 3.8) is 0 Å². The van der Waals surface area contributed by atoms with Gasteiger partial charge in [-0.2, -0.15) is 0 Å². The Kier molecular flexibility index (Phi) is 7.79. The highest BCUT2D eigenvalue weighted by molar-refractivity contribution is 5.82. The van der Waals surface area contributed by atoms with Crippen LogP contribution in [0.5, 0.6) is 0 Å². The van der Waals surface area contributed by atoms with Crippen LogP contribution >= 0.6 is 0 Å². The van der Waals surface area contributed by atoms with Crippen LogP contribution in [0.3, 0.4) is 0 Å². The normalized spacial score (nSPS) is 12.2. The molecule has 3 aromatic rings. The van der Waals surface area contributed by atoms with E-state index >= 15 is 0 Å². The first-order valence-electron chi connectivity index (χ1n) is 9.98. The van der Waals surface area contributed by atoms with Gasteiger partial charge >= 0.3 is 5.97 Å². The highest BCUT2D eigenvalue weighted by Crippen LogP contribution is 2.26. The predicted octanol–water partition coefficient (Wildman–Crippen LogP) is 5.55. The number of ether oxygens (including phenoxy) is 1. The molecule has 3 heteroatoms. The van der Waals surface area contributed by atoms with Gasteiger partial charge in [-0.25, -0.2) is 4.79 Å². The monoisotopic (exact) mass is 385 g/mol. The minimum atomic E-state index is -0.312. The van der Waals surface area contributed by atoms with Gasteiger partial charge in [-0.3, -0.25) is 4.90 Å². The second kappa shape index (κ2) is 11.0. The van der Waals surface area contributed by atoms with Crippen molar-refractivity contribution in [2.75, 3.05) is 6.61 Å². The molecule has 0 heterocycles. The maximum absolute atomic E-state index is 12.0. The summed E-state index contributed by atoms with van der Waals surface area (Å²) in [5.74, 6) is -0.312. The maximum atomic E-state index is 12.0. The highest BCUT2D eigenvalue weighted by Gasteiger charge is 2.19. The van der Waals surface area contributed by atoms with Gasteiger partial charge in [0.15, 0.2) is 0 Å². The van der Waals surface area contributed by atoms with Gasteiger partial charge in [0, 0.05) is 19.2 Å². The van der Waals surface area contributed by atoms with E-state index in [0.717, 1.165) is 18.7 Å². The molecule has 0 unspecified atom stereocenters. The number of carbonyl (C=O) groups excluding carboxylic acids is 1. The van der Waals surface area contributed by atoms with Crippen LogP contribution in [0.2, 0.25) is 0 Å². The molecular formula is C26H27NO2. The molecule has 1 atom stereocenters. The average Bonchev–Trinajstić information content (AvgIpc) is 2.76. The Morgan fingerprint density at radius 3 is 1.79 bits per heavy atom. The van der Waals surface area contributed by atoms with Gasteiger partial charge in [0.2, 0.25) is 0 Å². The van der Waals surface area contributed by atoms with E-state index < -0.39 is 0 Å². The lowest BCUT2D eigenvalue weighted by Gasteiger charge is -2.30. The fourth-order valence-corrected chi connectivity index (χ4v) is 3.34. The van der Waals surface area contributed by atoms with E-state index in [0.29, 0.717) is 6.61 Å². The molecular weight excluding hydrogens is 358 g/mol. The number of nitrogens with zero attached hydrogens (tertiary/aromatic N) is 1. The number of hydrogen-bond donors (Lipinski definition) is 0. The minimum absolute atomic E-state index is 0.0546. The maximum Gasteiger partial charge on any atom is 0.330 e. The van der Waals surface area contributed by atoms with Gasteiger partial charge in [0.25, 0.3) is 0 Å². The van der Waals surface area contributed by atoms with E-state index in [9.17, 15) is 4.79 Å². The first-order valence-corrected chi connectivity index (χ1v) is 9.98. The van der Waals surface area contributed by atoms with Gasteiger partial charge in [-0.1, -0.05) is 97.1 Å². The Morgan fingerprint density at radius 1 is 0.828 bits per heavy atom. The topological polar surface area (TPSA) is 29.5 Å². The van der Waals surface area contributed by atoms with Crippen molar-refractivity contribution in [2.45, 2.75) is 26.1 Å². The molecule has 0 radical (unpaired) electrons. The molecule has 3 nitrogen and oxygen atoms in total. The number of benzene rings is 3. The molecule has 0 aromatic heterocycles. The van der Waals surface area contributed by atoms with E-state index in [-0.39, 0.29) is 12.0 Å². The molecule has 0 bridgehead atoms. The minimum Gasteiger partial charge on any atom is -0.463 e. The molecule has 29 heavy (non-hydrogen) atoms. The quantitative estimate of drug-likeness (QED) is 0.357. The molecule has 0 aliphatic rings. The standard InChI is InChI=1S/C26H27NO2/c1-2-29-26(28)19-18-25(24-16-10-5-11-17-24)27(20-22-12-6-3-7-13-22)21-23-14-8-4-9-15-23/h3-19,25H,2,20-21H2,1H3/b19-18+/t25-/m0/s1. The lowest BCUT2D eigenvalue weighted by molar-refractivity contribution is -0.137. The summed E-state index contributed by atoms with van der Waals surface area (Å²) in [7, 11) is 0. The first kappa shape index (κ1) is 20.6. The summed E-state index contributed by atoms with van der Waals surface area (Å²) in [6.45, 7) is 3.72. The van der Waals surface area contributed by atoms with Crippen molar-refractivity contribution in [3.8, 4) is 0 Å². The molecule has 0 amide bonds. The van der Waals surface area contributed by atoms with Crippen molar-refractivity contribution < 1.29 is 9.53 Å². The largest absolute Gasteiger partial charge is 0.463 e. The number of carbonyl (C=O) groups is 1. The summed E-state index contributed by atoms with van der Waals surface area (Å²) < 4.78 is 5.10. The zero-order valence-electron chi connectivity index (χ0n) is 16.8.